The predicted octanol–water partition coefficient (Wildman–Crippen LogP) is -3.86. The number of carboxylic acids is 4. The van der Waals surface area contributed by atoms with Crippen LogP contribution in [-0.2, 0) is 87.9 Å². The summed E-state index contributed by atoms with van der Waals surface area (Å²) in [6.45, 7) is 15.2. The molecule has 40 heteroatoms. The van der Waals surface area contributed by atoms with Crippen LogP contribution >= 0.6 is 0 Å². The molecular formula is C71H116N18O22. The van der Waals surface area contributed by atoms with Crippen LogP contribution in [0.2, 0.25) is 0 Å². The Hall–Kier alpha value is -10.8. The number of primary amides is 1. The van der Waals surface area contributed by atoms with Gasteiger partial charge in [0.05, 0.1) is 18.9 Å². The molecule has 15 atom stereocenters. The molecule has 1 aromatic rings. The maximum Gasteiger partial charge on any atom is 0.326 e. The Kier molecular flexibility index (Phi) is 42.2. The lowest BCUT2D eigenvalue weighted by molar-refractivity contribution is -0.147. The fourth-order valence-corrected chi connectivity index (χ4v) is 11.7. The molecule has 1 fully saturated rings. The lowest BCUT2D eigenvalue weighted by Crippen LogP contribution is -2.61. The quantitative estimate of drug-likeness (QED) is 0.0169. The zero-order chi connectivity index (χ0) is 84.1. The Morgan fingerprint density at radius 3 is 1.40 bits per heavy atom. The van der Waals surface area contributed by atoms with E-state index in [2.05, 4.69) is 58.2 Å². The van der Waals surface area contributed by atoms with Crippen molar-refractivity contribution in [2.75, 3.05) is 19.6 Å². The zero-order valence-corrected chi connectivity index (χ0v) is 64.4. The summed E-state index contributed by atoms with van der Waals surface area (Å²) in [4.78, 5) is 235. The van der Waals surface area contributed by atoms with Crippen LogP contribution in [0.25, 0.3) is 0 Å². The van der Waals surface area contributed by atoms with Gasteiger partial charge in [-0.1, -0.05) is 80.4 Å². The lowest BCUT2D eigenvalue weighted by Gasteiger charge is -2.33. The third kappa shape index (κ3) is 35.2. The summed E-state index contributed by atoms with van der Waals surface area (Å²) in [7, 11) is 0. The molecule has 0 unspecified atom stereocenters. The number of carbonyl (C=O) groups is 17. The topological polar surface area (TPSA) is 669 Å². The second-order valence-electron chi connectivity index (χ2n) is 28.6. The van der Waals surface area contributed by atoms with Crippen molar-refractivity contribution >= 4 is 107 Å². The second-order valence-corrected chi connectivity index (χ2v) is 28.6. The van der Waals surface area contributed by atoms with Crippen LogP contribution in [-0.4, -0.2) is 235 Å². The van der Waals surface area contributed by atoms with Crippen molar-refractivity contribution < 1.29 is 107 Å². The van der Waals surface area contributed by atoms with Crippen LogP contribution in [0.1, 0.15) is 177 Å². The largest absolute Gasteiger partial charge is 0.508 e. The van der Waals surface area contributed by atoms with Gasteiger partial charge in [0.2, 0.25) is 76.8 Å². The van der Waals surface area contributed by atoms with Crippen molar-refractivity contribution in [3.63, 3.8) is 0 Å². The smallest absolute Gasteiger partial charge is 0.326 e. The van der Waals surface area contributed by atoms with Crippen molar-refractivity contribution in [3.05, 3.63) is 29.8 Å². The number of benzene rings is 1. The molecule has 1 heterocycles. The summed E-state index contributed by atoms with van der Waals surface area (Å²) in [5.41, 5.74) is 29.0. The van der Waals surface area contributed by atoms with Gasteiger partial charge in [-0.2, -0.15) is 0 Å². The Bertz CT molecular complexity index is 3410. The molecule has 622 valence electrons. The minimum absolute atomic E-state index is 0.00378. The zero-order valence-electron chi connectivity index (χ0n) is 64.4. The number of nitrogens with zero attached hydrogens (tertiary/aromatic N) is 2. The highest BCUT2D eigenvalue weighted by atomic mass is 16.4. The number of aliphatic imine (C=N–C) groups is 1. The molecule has 1 aliphatic rings. The third-order valence-electron chi connectivity index (χ3n) is 18.4. The number of phenols is 1. The van der Waals surface area contributed by atoms with E-state index in [1.54, 1.807) is 34.6 Å². The van der Waals surface area contributed by atoms with Gasteiger partial charge >= 0.3 is 23.9 Å². The molecule has 1 aromatic carbocycles. The number of nitrogens with one attached hydrogen (secondary N) is 11. The van der Waals surface area contributed by atoms with Crippen molar-refractivity contribution in [3.8, 4) is 5.75 Å². The summed E-state index contributed by atoms with van der Waals surface area (Å²) >= 11 is 0. The highest BCUT2D eigenvalue weighted by Crippen LogP contribution is 2.24. The van der Waals surface area contributed by atoms with Gasteiger partial charge in [0.25, 0.3) is 0 Å². The summed E-state index contributed by atoms with van der Waals surface area (Å²) in [6.07, 6.45) is -3.76. The number of unbranched alkanes of at least 4 members (excludes halogenated alkanes) is 1. The number of carbonyl (C=O) groups excluding carboxylic acids is 13. The molecule has 0 radical (unpaired) electrons. The van der Waals surface area contributed by atoms with Crippen molar-refractivity contribution in [2.45, 2.75) is 256 Å². The Balaban J connectivity index is 2.62. The van der Waals surface area contributed by atoms with E-state index in [9.17, 15) is 97.1 Å². The first-order chi connectivity index (χ1) is 52.0. The molecule has 1 aliphatic heterocycles. The van der Waals surface area contributed by atoms with Crippen LogP contribution < -0.4 is 87.2 Å². The maximum absolute atomic E-state index is 15.1. The van der Waals surface area contributed by atoms with Crippen molar-refractivity contribution in [1.29, 1.82) is 0 Å². The van der Waals surface area contributed by atoms with Gasteiger partial charge < -0.3 is 118 Å². The molecule has 0 aromatic heterocycles. The monoisotopic (exact) mass is 1570 g/mol. The molecule has 2 rings (SSSR count). The molecular weight excluding hydrogens is 1460 g/mol. The average molecular weight is 1570 g/mol. The normalized spacial score (nSPS) is 16.3. The number of hydrogen-bond acceptors (Lipinski definition) is 21. The Labute approximate surface area is 643 Å². The molecule has 26 N–H and O–H groups in total. The number of hydrogen-bond donors (Lipinski definition) is 21. The van der Waals surface area contributed by atoms with Crippen molar-refractivity contribution in [1.82, 2.24) is 63.4 Å². The highest BCUT2D eigenvalue weighted by molar-refractivity contribution is 6.01. The maximum atomic E-state index is 15.1. The molecule has 40 nitrogen and oxygen atoms in total. The third-order valence-corrected chi connectivity index (χ3v) is 18.4. The van der Waals surface area contributed by atoms with Gasteiger partial charge in [-0.25, -0.2) is 4.79 Å². The summed E-state index contributed by atoms with van der Waals surface area (Å²) in [5, 5.41) is 75.2. The Morgan fingerprint density at radius 1 is 0.486 bits per heavy atom. The van der Waals surface area contributed by atoms with E-state index >= 15 is 4.79 Å². The van der Waals surface area contributed by atoms with Crippen molar-refractivity contribution in [2.24, 2.45) is 57.3 Å². The molecule has 0 saturated carbocycles. The number of aromatic hydroxyl groups is 1. The number of aliphatic carboxylic acids is 4. The Morgan fingerprint density at radius 2 is 0.919 bits per heavy atom. The van der Waals surface area contributed by atoms with Crippen LogP contribution in [0.15, 0.2) is 29.3 Å². The molecule has 1 saturated heterocycles. The van der Waals surface area contributed by atoms with Gasteiger partial charge in [-0.3, -0.25) is 81.7 Å². The molecule has 111 heavy (non-hydrogen) atoms. The predicted molar refractivity (Wildman–Crippen MR) is 400 cm³/mol. The van der Waals surface area contributed by atoms with Gasteiger partial charge in [-0.15, -0.1) is 0 Å². The minimum Gasteiger partial charge on any atom is -0.508 e. The van der Waals surface area contributed by atoms with E-state index in [1.807, 2.05) is 26.1 Å². The van der Waals surface area contributed by atoms with Crippen LogP contribution in [0, 0.1) is 23.7 Å². The van der Waals surface area contributed by atoms with E-state index in [0.717, 1.165) is 6.92 Å². The van der Waals surface area contributed by atoms with E-state index < -0.39 is 224 Å². The first-order valence-electron chi connectivity index (χ1n) is 37.1. The first-order valence-corrected chi connectivity index (χ1v) is 37.1. The number of likely N-dealkylation sites (tertiary alicyclic amines) is 1. The standard InChI is InChI=1S/C71H116N18O22/c1-10-37(7)56(74)68(108)86-47(31-36(5)6)64(104)83-46(30-35(3)4)63(103)81-45(24-26-54(94)95)61(101)84-48(32-40-19-21-41(90)22-20-40)65(105)79-42(16-12-13-27-72)62(102)88-57(38(8)11-2)69(109)89-29-15-18-51(89)67(107)82-43(17-14-28-77-71(75)76)60(100)85-49(33-52(73)91)66(106)80-44(23-25-53(92)93)59(99)78-39(9)58(98)87-50(70(110)111)34-55(96)97/h19-22,35-39,42-51,56-57,90H,10-18,23-34,72,74H2,1-9H3,(H2,73,91)(H,78,99)(H,79,105)(H,80,106)(H,81,103)(H,82,107)(H,83,104)(H,84,101)(H,85,100)(H,86,108)(H,87,98)(H,88,102)(H,92,93)(H,94,95)(H,96,97)(H,110,111)(H4,75,76,77)/t37-,38-,39-,42-,43-,44-,45-,46-,47-,48-,49-,50-,51-,56-,57-/m0/s1. The molecule has 0 spiro atoms. The highest BCUT2D eigenvalue weighted by Gasteiger charge is 2.43. The number of nitrogens with two attached hydrogens (primary N) is 5. The fraction of sp³-hybridized carbons (Fsp3) is 0.662. The lowest BCUT2D eigenvalue weighted by atomic mass is 9.96. The fourth-order valence-electron chi connectivity index (χ4n) is 11.7. The van der Waals surface area contributed by atoms with Gasteiger partial charge in [-0.05, 0) is 125 Å². The number of rotatable bonds is 52. The number of phenolic OH excluding ortho intramolecular Hbond substituents is 1. The SMILES string of the molecule is CC[C@H](C)[C@H](N)C(=O)N[C@@H](CC(C)C)C(=O)N[C@@H](CC(C)C)C(=O)N[C@@H](CCC(=O)O)C(=O)N[C@@H](Cc1ccc(O)cc1)C(=O)N[C@@H](CCCCN)C(=O)N[C@H](C(=O)N1CCC[C@H]1C(=O)N[C@@H](CCCN=C(N)N)C(=O)N[C@@H](CC(N)=O)C(=O)N[C@@H](CCC(=O)O)C(=O)N[C@@H](C)C(=O)N[C@@H](CC(=O)O)C(=O)O)[C@@H](C)CC. The van der Waals surface area contributed by atoms with Gasteiger partial charge in [0.15, 0.2) is 5.96 Å². The summed E-state index contributed by atoms with van der Waals surface area (Å²) < 4.78 is 0. The molecule has 13 amide bonds. The van der Waals surface area contributed by atoms with E-state index in [0.29, 0.717) is 18.4 Å². The van der Waals surface area contributed by atoms with E-state index in [-0.39, 0.29) is 113 Å². The van der Waals surface area contributed by atoms with Crippen LogP contribution in [0.5, 0.6) is 5.75 Å². The number of guanidine groups is 1. The molecule has 0 aliphatic carbocycles. The van der Waals surface area contributed by atoms with Gasteiger partial charge in [0, 0.05) is 32.4 Å². The second kappa shape index (κ2) is 48.7. The van der Waals surface area contributed by atoms with E-state index in [4.69, 9.17) is 33.8 Å². The van der Waals surface area contributed by atoms with Crippen LogP contribution in [0.4, 0.5) is 0 Å². The minimum atomic E-state index is -1.96. The van der Waals surface area contributed by atoms with Gasteiger partial charge in [0.1, 0.15) is 78.3 Å². The number of amides is 13. The summed E-state index contributed by atoms with van der Waals surface area (Å²) in [5.74, 6) is -20.9. The molecule has 0 bridgehead atoms. The van der Waals surface area contributed by atoms with E-state index in [1.165, 1.54) is 29.2 Å². The first kappa shape index (κ1) is 96.3. The van der Waals surface area contributed by atoms with Crippen LogP contribution in [0.3, 0.4) is 0 Å². The number of carboxylic acid groups (broad SMARTS) is 4. The summed E-state index contributed by atoms with van der Waals surface area (Å²) in [6, 6.07) is -14.5. The average Bonchev–Trinajstić information content (AvgIpc) is 1.73.